The highest BCUT2D eigenvalue weighted by Crippen LogP contribution is 2.30. The minimum absolute atomic E-state index is 0.374. The molecule has 0 aromatic heterocycles. The fourth-order valence-electron chi connectivity index (χ4n) is 2.48. The van der Waals surface area contributed by atoms with Crippen LogP contribution >= 0.6 is 0 Å². The van der Waals surface area contributed by atoms with Crippen LogP contribution in [0.1, 0.15) is 35.2 Å². The highest BCUT2D eigenvalue weighted by Gasteiger charge is 2.18. The normalized spacial score (nSPS) is 15.6. The van der Waals surface area contributed by atoms with Gasteiger partial charge in [-0.1, -0.05) is 0 Å². The number of rotatable bonds is 2. The van der Waals surface area contributed by atoms with Crippen molar-refractivity contribution in [3.63, 3.8) is 0 Å². The van der Waals surface area contributed by atoms with Crippen LogP contribution in [-0.4, -0.2) is 26.2 Å². The summed E-state index contributed by atoms with van der Waals surface area (Å²) in [7, 11) is 1.37. The summed E-state index contributed by atoms with van der Waals surface area (Å²) in [4.78, 5) is 13.9. The molecule has 0 aliphatic carbocycles. The van der Waals surface area contributed by atoms with Crippen molar-refractivity contribution in [2.24, 2.45) is 0 Å². The number of hydrogen-bond donors (Lipinski definition) is 1. The van der Waals surface area contributed by atoms with Crippen LogP contribution in [0.2, 0.25) is 0 Å². The van der Waals surface area contributed by atoms with E-state index in [2.05, 4.69) is 4.90 Å². The Morgan fingerprint density at radius 3 is 2.56 bits per heavy atom. The van der Waals surface area contributed by atoms with Crippen molar-refractivity contribution in [1.29, 1.82) is 0 Å². The smallest absolute Gasteiger partial charge is 0.339 e. The number of esters is 1. The summed E-state index contributed by atoms with van der Waals surface area (Å²) in [6.45, 7) is 4.10. The minimum Gasteiger partial charge on any atom is -0.465 e. The maximum atomic E-state index is 11.6. The number of nitrogens with two attached hydrogens (primary N) is 1. The molecule has 0 atom stereocenters. The van der Waals surface area contributed by atoms with Crippen LogP contribution in [0.15, 0.2) is 12.1 Å². The lowest BCUT2D eigenvalue weighted by molar-refractivity contribution is 0.0602. The van der Waals surface area contributed by atoms with Gasteiger partial charge in [0.1, 0.15) is 0 Å². The summed E-state index contributed by atoms with van der Waals surface area (Å²) in [5.41, 5.74) is 9.14. The SMILES string of the molecule is COC(=O)c1ccc(N2CCCCC2)c(C)c1N. The average molecular weight is 248 g/mol. The Bertz CT molecular complexity index is 451. The van der Waals surface area contributed by atoms with E-state index in [0.29, 0.717) is 11.3 Å². The predicted octanol–water partition coefficient (Wildman–Crippen LogP) is 2.35. The van der Waals surface area contributed by atoms with Gasteiger partial charge in [0.15, 0.2) is 0 Å². The molecule has 1 aliphatic heterocycles. The second-order valence-electron chi connectivity index (χ2n) is 4.71. The Hall–Kier alpha value is -1.71. The molecule has 18 heavy (non-hydrogen) atoms. The lowest BCUT2D eigenvalue weighted by atomic mass is 10.0. The van der Waals surface area contributed by atoms with E-state index >= 15 is 0 Å². The van der Waals surface area contributed by atoms with E-state index in [1.54, 1.807) is 6.07 Å². The Kier molecular flexibility index (Phi) is 3.75. The molecule has 1 aromatic rings. The van der Waals surface area contributed by atoms with Crippen molar-refractivity contribution in [1.82, 2.24) is 0 Å². The third-order valence-corrected chi connectivity index (χ3v) is 3.59. The molecule has 0 unspecified atom stereocenters. The minimum atomic E-state index is -0.374. The van der Waals surface area contributed by atoms with Crippen LogP contribution in [0.3, 0.4) is 0 Å². The van der Waals surface area contributed by atoms with Gasteiger partial charge in [0, 0.05) is 18.8 Å². The lowest BCUT2D eigenvalue weighted by Crippen LogP contribution is -2.30. The van der Waals surface area contributed by atoms with Crippen LogP contribution < -0.4 is 10.6 Å². The molecule has 0 saturated carbocycles. The summed E-state index contributed by atoms with van der Waals surface area (Å²) in [5.74, 6) is -0.374. The fraction of sp³-hybridized carbons (Fsp3) is 0.500. The third-order valence-electron chi connectivity index (χ3n) is 3.59. The van der Waals surface area contributed by atoms with Gasteiger partial charge in [0.05, 0.1) is 18.4 Å². The Balaban J connectivity index is 2.33. The molecule has 1 fully saturated rings. The Labute approximate surface area is 108 Å². The average Bonchev–Trinajstić information content (AvgIpc) is 2.42. The van der Waals surface area contributed by atoms with Gasteiger partial charge in [0.25, 0.3) is 0 Å². The van der Waals surface area contributed by atoms with Crippen molar-refractivity contribution in [2.75, 3.05) is 30.8 Å². The molecule has 1 aliphatic rings. The number of ether oxygens (including phenoxy) is 1. The highest BCUT2D eigenvalue weighted by atomic mass is 16.5. The van der Waals surface area contributed by atoms with Gasteiger partial charge in [-0.25, -0.2) is 4.79 Å². The van der Waals surface area contributed by atoms with Crippen LogP contribution in [0.5, 0.6) is 0 Å². The van der Waals surface area contributed by atoms with Crippen molar-refractivity contribution >= 4 is 17.3 Å². The van der Waals surface area contributed by atoms with Crippen molar-refractivity contribution in [2.45, 2.75) is 26.2 Å². The van der Waals surface area contributed by atoms with E-state index in [1.165, 1.54) is 26.4 Å². The largest absolute Gasteiger partial charge is 0.465 e. The van der Waals surface area contributed by atoms with E-state index in [0.717, 1.165) is 24.3 Å². The second kappa shape index (κ2) is 5.29. The molecule has 0 spiro atoms. The Morgan fingerprint density at radius 2 is 1.94 bits per heavy atom. The lowest BCUT2D eigenvalue weighted by Gasteiger charge is -2.30. The summed E-state index contributed by atoms with van der Waals surface area (Å²) >= 11 is 0. The molecule has 1 saturated heterocycles. The molecule has 4 nitrogen and oxygen atoms in total. The van der Waals surface area contributed by atoms with Crippen LogP contribution in [0.4, 0.5) is 11.4 Å². The summed E-state index contributed by atoms with van der Waals surface area (Å²) in [5, 5.41) is 0. The molecule has 1 heterocycles. The molecule has 2 rings (SSSR count). The zero-order valence-corrected chi connectivity index (χ0v) is 11.0. The summed E-state index contributed by atoms with van der Waals surface area (Å²) < 4.78 is 4.72. The molecule has 1 aromatic carbocycles. The van der Waals surface area contributed by atoms with Crippen molar-refractivity contribution < 1.29 is 9.53 Å². The van der Waals surface area contributed by atoms with Gasteiger partial charge in [-0.2, -0.15) is 0 Å². The van der Waals surface area contributed by atoms with Crippen LogP contribution in [-0.2, 0) is 4.74 Å². The number of piperidine rings is 1. The molecular weight excluding hydrogens is 228 g/mol. The second-order valence-corrected chi connectivity index (χ2v) is 4.71. The molecule has 98 valence electrons. The van der Waals surface area contributed by atoms with Crippen molar-refractivity contribution in [3.05, 3.63) is 23.3 Å². The molecule has 0 radical (unpaired) electrons. The quantitative estimate of drug-likeness (QED) is 0.645. The van der Waals surface area contributed by atoms with Crippen molar-refractivity contribution in [3.8, 4) is 0 Å². The first-order valence-electron chi connectivity index (χ1n) is 6.37. The van der Waals surface area contributed by atoms with Gasteiger partial charge in [-0.3, -0.25) is 0 Å². The van der Waals surface area contributed by atoms with Gasteiger partial charge in [-0.15, -0.1) is 0 Å². The molecule has 2 N–H and O–H groups in total. The number of hydrogen-bond acceptors (Lipinski definition) is 4. The summed E-state index contributed by atoms with van der Waals surface area (Å²) in [6, 6.07) is 3.74. The standard InChI is InChI=1S/C14H20N2O2/c1-10-12(16-8-4-3-5-9-16)7-6-11(13(10)15)14(17)18-2/h6-7H,3-5,8-9,15H2,1-2H3. The maximum Gasteiger partial charge on any atom is 0.339 e. The Morgan fingerprint density at radius 1 is 1.28 bits per heavy atom. The number of methoxy groups -OCH3 is 1. The molecular formula is C14H20N2O2. The topological polar surface area (TPSA) is 55.6 Å². The van der Waals surface area contributed by atoms with Gasteiger partial charge < -0.3 is 15.4 Å². The first-order valence-corrected chi connectivity index (χ1v) is 6.37. The van der Waals surface area contributed by atoms with Gasteiger partial charge in [-0.05, 0) is 43.9 Å². The van der Waals surface area contributed by atoms with Crippen LogP contribution in [0, 0.1) is 6.92 Å². The number of carbonyl (C=O) groups is 1. The molecule has 0 amide bonds. The van der Waals surface area contributed by atoms with E-state index in [4.69, 9.17) is 10.5 Å². The first-order chi connectivity index (χ1) is 8.65. The zero-order chi connectivity index (χ0) is 13.1. The fourth-order valence-corrected chi connectivity index (χ4v) is 2.48. The van der Waals surface area contributed by atoms with Gasteiger partial charge >= 0.3 is 5.97 Å². The first kappa shape index (κ1) is 12.7. The maximum absolute atomic E-state index is 11.6. The number of carbonyl (C=O) groups excluding carboxylic acids is 1. The van der Waals surface area contributed by atoms with Gasteiger partial charge in [0.2, 0.25) is 0 Å². The predicted molar refractivity (Wildman–Crippen MR) is 73.0 cm³/mol. The number of nitrogen functional groups attached to an aromatic ring is 1. The van der Waals surface area contributed by atoms with E-state index in [1.807, 2.05) is 13.0 Å². The highest BCUT2D eigenvalue weighted by molar-refractivity contribution is 5.97. The number of nitrogens with zero attached hydrogens (tertiary/aromatic N) is 1. The number of anilines is 2. The van der Waals surface area contributed by atoms with E-state index in [-0.39, 0.29) is 5.97 Å². The molecule has 4 heteroatoms. The third kappa shape index (κ3) is 2.28. The molecule has 0 bridgehead atoms. The summed E-state index contributed by atoms with van der Waals surface area (Å²) in [6.07, 6.45) is 3.74. The van der Waals surface area contributed by atoms with E-state index in [9.17, 15) is 4.79 Å². The zero-order valence-electron chi connectivity index (χ0n) is 11.0. The van der Waals surface area contributed by atoms with E-state index < -0.39 is 0 Å². The van der Waals surface area contributed by atoms with Crippen LogP contribution in [0.25, 0.3) is 0 Å². The number of benzene rings is 1. The monoisotopic (exact) mass is 248 g/mol.